The highest BCUT2D eigenvalue weighted by molar-refractivity contribution is 5.79. The van der Waals surface area contributed by atoms with Crippen LogP contribution in [-0.2, 0) is 12.0 Å². The second kappa shape index (κ2) is 9.13. The number of nitrogens with one attached hydrogen (secondary N) is 2. The Morgan fingerprint density at radius 3 is 2.27 bits per heavy atom. The number of hydrogen-bond acceptors (Lipinski definition) is 3. The van der Waals surface area contributed by atoms with Crippen molar-refractivity contribution >= 4 is 5.96 Å². The van der Waals surface area contributed by atoms with Gasteiger partial charge < -0.3 is 20.1 Å². The third kappa shape index (κ3) is 5.15. The first-order chi connectivity index (χ1) is 12.5. The standard InChI is InChI=1S/C21H29N3O2/c1-21(2,17-11-12-18(25-4)19(13-17)26-5)15-24-20(22-3)23-14-16-9-7-6-8-10-16/h6-13H,14-15H2,1-5H3,(H2,22,23,24). The third-order valence-electron chi connectivity index (χ3n) is 4.39. The van der Waals surface area contributed by atoms with Crippen LogP contribution in [0.5, 0.6) is 11.5 Å². The van der Waals surface area contributed by atoms with Crippen LogP contribution in [0.4, 0.5) is 0 Å². The summed E-state index contributed by atoms with van der Waals surface area (Å²) in [6.45, 7) is 5.84. The van der Waals surface area contributed by atoms with Gasteiger partial charge in [0, 0.05) is 25.6 Å². The average Bonchev–Trinajstić information content (AvgIpc) is 2.68. The predicted molar refractivity (Wildman–Crippen MR) is 107 cm³/mol. The molecule has 140 valence electrons. The predicted octanol–water partition coefficient (Wildman–Crippen LogP) is 3.35. The van der Waals surface area contributed by atoms with Crippen molar-refractivity contribution in [3.63, 3.8) is 0 Å². The molecule has 2 aromatic rings. The number of aliphatic imine (C=N–C) groups is 1. The van der Waals surface area contributed by atoms with Crippen LogP contribution in [0.3, 0.4) is 0 Å². The molecule has 0 radical (unpaired) electrons. The molecule has 0 saturated heterocycles. The van der Waals surface area contributed by atoms with Gasteiger partial charge in [-0.1, -0.05) is 50.2 Å². The zero-order valence-corrected chi connectivity index (χ0v) is 16.3. The van der Waals surface area contributed by atoms with E-state index in [0.29, 0.717) is 0 Å². The molecule has 0 fully saturated rings. The number of nitrogens with zero attached hydrogens (tertiary/aromatic N) is 1. The maximum atomic E-state index is 5.42. The van der Waals surface area contributed by atoms with Crippen LogP contribution in [0, 0.1) is 0 Å². The quantitative estimate of drug-likeness (QED) is 0.591. The summed E-state index contributed by atoms with van der Waals surface area (Å²) in [7, 11) is 5.08. The van der Waals surface area contributed by atoms with Gasteiger partial charge in [0.05, 0.1) is 14.2 Å². The second-order valence-electron chi connectivity index (χ2n) is 6.72. The van der Waals surface area contributed by atoms with E-state index in [0.717, 1.165) is 30.5 Å². The van der Waals surface area contributed by atoms with Crippen molar-refractivity contribution in [3.8, 4) is 11.5 Å². The first-order valence-corrected chi connectivity index (χ1v) is 8.71. The Kier molecular flexibility index (Phi) is 6.89. The van der Waals surface area contributed by atoms with Gasteiger partial charge in [0.1, 0.15) is 0 Å². The van der Waals surface area contributed by atoms with Crippen molar-refractivity contribution in [1.29, 1.82) is 0 Å². The molecule has 0 spiro atoms. The average molecular weight is 355 g/mol. The van der Waals surface area contributed by atoms with E-state index in [1.807, 2.05) is 30.3 Å². The zero-order valence-electron chi connectivity index (χ0n) is 16.3. The Bertz CT molecular complexity index is 727. The third-order valence-corrected chi connectivity index (χ3v) is 4.39. The topological polar surface area (TPSA) is 54.9 Å². The van der Waals surface area contributed by atoms with Crippen LogP contribution >= 0.6 is 0 Å². The minimum atomic E-state index is -0.107. The number of methoxy groups -OCH3 is 2. The van der Waals surface area contributed by atoms with Crippen molar-refractivity contribution in [2.24, 2.45) is 4.99 Å². The van der Waals surface area contributed by atoms with E-state index in [2.05, 4.69) is 47.7 Å². The van der Waals surface area contributed by atoms with E-state index in [1.54, 1.807) is 21.3 Å². The number of guanidine groups is 1. The molecule has 0 amide bonds. The summed E-state index contributed by atoms with van der Waals surface area (Å²) in [5, 5.41) is 6.76. The normalized spacial score (nSPS) is 11.8. The van der Waals surface area contributed by atoms with Crippen molar-refractivity contribution in [3.05, 3.63) is 59.7 Å². The zero-order chi connectivity index (χ0) is 19.0. The highest BCUT2D eigenvalue weighted by Gasteiger charge is 2.22. The minimum absolute atomic E-state index is 0.107. The molecule has 0 heterocycles. The summed E-state index contributed by atoms with van der Waals surface area (Å²) in [5.74, 6) is 2.26. The number of ether oxygens (including phenoxy) is 2. The van der Waals surface area contributed by atoms with Gasteiger partial charge in [-0.05, 0) is 23.3 Å². The Hall–Kier alpha value is -2.69. The molecule has 0 aliphatic carbocycles. The van der Waals surface area contributed by atoms with Crippen molar-refractivity contribution in [2.45, 2.75) is 25.8 Å². The molecule has 0 saturated carbocycles. The molecule has 0 unspecified atom stereocenters. The van der Waals surface area contributed by atoms with Crippen LogP contribution in [0.15, 0.2) is 53.5 Å². The molecule has 0 aliphatic heterocycles. The lowest BCUT2D eigenvalue weighted by molar-refractivity contribution is 0.353. The number of benzene rings is 2. The van der Waals surface area contributed by atoms with Gasteiger partial charge in [-0.25, -0.2) is 0 Å². The van der Waals surface area contributed by atoms with E-state index in [4.69, 9.17) is 9.47 Å². The van der Waals surface area contributed by atoms with Gasteiger partial charge in [-0.3, -0.25) is 4.99 Å². The highest BCUT2D eigenvalue weighted by Crippen LogP contribution is 2.32. The number of rotatable bonds is 7. The van der Waals surface area contributed by atoms with E-state index in [9.17, 15) is 0 Å². The Morgan fingerprint density at radius 2 is 1.65 bits per heavy atom. The first-order valence-electron chi connectivity index (χ1n) is 8.71. The van der Waals surface area contributed by atoms with Crippen LogP contribution in [0.25, 0.3) is 0 Å². The van der Waals surface area contributed by atoms with Gasteiger partial charge in [0.2, 0.25) is 0 Å². The molecule has 5 heteroatoms. The van der Waals surface area contributed by atoms with E-state index < -0.39 is 0 Å². The maximum absolute atomic E-state index is 5.42. The summed E-state index contributed by atoms with van der Waals surface area (Å²) < 4.78 is 10.7. The lowest BCUT2D eigenvalue weighted by atomic mass is 9.84. The van der Waals surface area contributed by atoms with E-state index in [1.165, 1.54) is 11.1 Å². The molecule has 0 atom stereocenters. The van der Waals surface area contributed by atoms with Crippen LogP contribution in [0.2, 0.25) is 0 Å². The van der Waals surface area contributed by atoms with Crippen molar-refractivity contribution in [1.82, 2.24) is 10.6 Å². The lowest BCUT2D eigenvalue weighted by Crippen LogP contribution is -2.43. The molecule has 0 aliphatic rings. The summed E-state index contributed by atoms with van der Waals surface area (Å²) in [6.07, 6.45) is 0. The monoisotopic (exact) mass is 355 g/mol. The van der Waals surface area contributed by atoms with Crippen LogP contribution < -0.4 is 20.1 Å². The molecule has 5 nitrogen and oxygen atoms in total. The molecule has 2 N–H and O–H groups in total. The molecule has 2 aromatic carbocycles. The Labute approximate surface area is 156 Å². The van der Waals surface area contributed by atoms with Gasteiger partial charge >= 0.3 is 0 Å². The van der Waals surface area contributed by atoms with E-state index >= 15 is 0 Å². The fourth-order valence-corrected chi connectivity index (χ4v) is 2.67. The summed E-state index contributed by atoms with van der Waals surface area (Å²) in [5.41, 5.74) is 2.28. The Balaban J connectivity index is 1.99. The summed E-state index contributed by atoms with van der Waals surface area (Å²) in [6, 6.07) is 16.3. The number of hydrogen-bond donors (Lipinski definition) is 2. The minimum Gasteiger partial charge on any atom is -0.493 e. The fourth-order valence-electron chi connectivity index (χ4n) is 2.67. The molecular weight excluding hydrogens is 326 g/mol. The second-order valence-corrected chi connectivity index (χ2v) is 6.72. The Morgan fingerprint density at radius 1 is 0.962 bits per heavy atom. The fraction of sp³-hybridized carbons (Fsp3) is 0.381. The molecular formula is C21H29N3O2. The van der Waals surface area contributed by atoms with Crippen molar-refractivity contribution in [2.75, 3.05) is 27.8 Å². The molecule has 2 rings (SSSR count). The smallest absolute Gasteiger partial charge is 0.191 e. The van der Waals surface area contributed by atoms with Gasteiger partial charge in [0.15, 0.2) is 17.5 Å². The SMILES string of the molecule is CN=C(NCc1ccccc1)NCC(C)(C)c1ccc(OC)c(OC)c1. The van der Waals surface area contributed by atoms with Gasteiger partial charge in [-0.15, -0.1) is 0 Å². The largest absolute Gasteiger partial charge is 0.493 e. The van der Waals surface area contributed by atoms with Gasteiger partial charge in [0.25, 0.3) is 0 Å². The first kappa shape index (κ1) is 19.6. The summed E-state index contributed by atoms with van der Waals surface area (Å²) in [4.78, 5) is 4.31. The molecule has 0 bridgehead atoms. The van der Waals surface area contributed by atoms with Crippen LogP contribution in [0.1, 0.15) is 25.0 Å². The van der Waals surface area contributed by atoms with Crippen LogP contribution in [-0.4, -0.2) is 33.8 Å². The van der Waals surface area contributed by atoms with Crippen molar-refractivity contribution < 1.29 is 9.47 Å². The maximum Gasteiger partial charge on any atom is 0.191 e. The van der Waals surface area contributed by atoms with E-state index in [-0.39, 0.29) is 5.41 Å². The van der Waals surface area contributed by atoms with Gasteiger partial charge in [-0.2, -0.15) is 0 Å². The molecule has 26 heavy (non-hydrogen) atoms. The molecule has 0 aromatic heterocycles. The highest BCUT2D eigenvalue weighted by atomic mass is 16.5. The lowest BCUT2D eigenvalue weighted by Gasteiger charge is -2.27. The summed E-state index contributed by atoms with van der Waals surface area (Å²) >= 11 is 0.